The number of aromatic nitrogens is 2. The van der Waals surface area contributed by atoms with Gasteiger partial charge < -0.3 is 9.47 Å². The van der Waals surface area contributed by atoms with Crippen LogP contribution in [0, 0.1) is 0 Å². The molecule has 1 atom stereocenters. The van der Waals surface area contributed by atoms with Gasteiger partial charge >= 0.3 is 5.97 Å². The van der Waals surface area contributed by atoms with Crippen LogP contribution in [0.1, 0.15) is 35.2 Å². The van der Waals surface area contributed by atoms with Crippen LogP contribution in [0.15, 0.2) is 36.7 Å². The van der Waals surface area contributed by atoms with Crippen LogP contribution in [-0.2, 0) is 11.3 Å². The number of rotatable bonds is 4. The molecule has 2 aromatic rings. The van der Waals surface area contributed by atoms with E-state index in [-0.39, 0.29) is 11.9 Å². The first-order valence-electron chi connectivity index (χ1n) is 7.19. The normalized spacial score (nSPS) is 16.9. The Labute approximate surface area is 123 Å². The number of ether oxygens (including phenoxy) is 2. The second-order valence-corrected chi connectivity index (χ2v) is 5.06. The summed E-state index contributed by atoms with van der Waals surface area (Å²) >= 11 is 0. The fourth-order valence-corrected chi connectivity index (χ4v) is 2.49. The summed E-state index contributed by atoms with van der Waals surface area (Å²) in [7, 11) is 0. The second-order valence-electron chi connectivity index (χ2n) is 5.06. The highest BCUT2D eigenvalue weighted by Crippen LogP contribution is 2.33. The number of aryl methyl sites for hydroxylation is 1. The maximum atomic E-state index is 12.0. The highest BCUT2D eigenvalue weighted by molar-refractivity contribution is 5.88. The molecule has 1 aromatic carbocycles. The summed E-state index contributed by atoms with van der Waals surface area (Å²) in [4.78, 5) is 12.0. The molecule has 0 N–H and O–H groups in total. The van der Waals surface area contributed by atoms with Crippen LogP contribution < -0.4 is 4.74 Å². The highest BCUT2D eigenvalue weighted by Gasteiger charge is 2.23. The molecule has 2 heterocycles. The standard InChI is InChI=1S/C16H18N2O3/c1-2-18-10-13(9-17-18)16(19)21-11-12-7-8-20-15-6-4-3-5-14(12)15/h3-6,9-10,12H,2,7-8,11H2,1H3. The van der Waals surface area contributed by atoms with Crippen molar-refractivity contribution in [3.05, 3.63) is 47.8 Å². The quantitative estimate of drug-likeness (QED) is 0.811. The van der Waals surface area contributed by atoms with E-state index in [0.717, 1.165) is 24.3 Å². The van der Waals surface area contributed by atoms with Crippen molar-refractivity contribution in [1.29, 1.82) is 0 Å². The molecular formula is C16H18N2O3. The van der Waals surface area contributed by atoms with Crippen LogP contribution in [-0.4, -0.2) is 29.0 Å². The molecule has 0 amide bonds. The van der Waals surface area contributed by atoms with Gasteiger partial charge in [0.2, 0.25) is 0 Å². The van der Waals surface area contributed by atoms with Gasteiger partial charge in [-0.15, -0.1) is 0 Å². The molecule has 1 unspecified atom stereocenters. The maximum Gasteiger partial charge on any atom is 0.341 e. The number of para-hydroxylation sites is 1. The minimum atomic E-state index is -0.321. The molecule has 0 bridgehead atoms. The molecule has 1 aromatic heterocycles. The predicted molar refractivity (Wildman–Crippen MR) is 77.5 cm³/mol. The number of nitrogens with zero attached hydrogens (tertiary/aromatic N) is 2. The van der Waals surface area contributed by atoms with Gasteiger partial charge in [0.1, 0.15) is 5.75 Å². The van der Waals surface area contributed by atoms with Crippen molar-refractivity contribution in [2.45, 2.75) is 25.8 Å². The first-order chi connectivity index (χ1) is 10.3. The highest BCUT2D eigenvalue weighted by atomic mass is 16.5. The van der Waals surface area contributed by atoms with Crippen LogP contribution in [0.5, 0.6) is 5.75 Å². The lowest BCUT2D eigenvalue weighted by molar-refractivity contribution is 0.0459. The predicted octanol–water partition coefficient (Wildman–Crippen LogP) is 2.63. The van der Waals surface area contributed by atoms with E-state index >= 15 is 0 Å². The Morgan fingerprint density at radius 1 is 1.48 bits per heavy atom. The van der Waals surface area contributed by atoms with Crippen molar-refractivity contribution in [1.82, 2.24) is 9.78 Å². The molecule has 0 spiro atoms. The number of esters is 1. The average molecular weight is 286 g/mol. The Morgan fingerprint density at radius 2 is 2.33 bits per heavy atom. The molecule has 5 nitrogen and oxygen atoms in total. The average Bonchev–Trinajstić information content (AvgIpc) is 3.01. The summed E-state index contributed by atoms with van der Waals surface area (Å²) in [6.45, 7) is 3.74. The topological polar surface area (TPSA) is 53.4 Å². The van der Waals surface area contributed by atoms with Crippen molar-refractivity contribution in [2.75, 3.05) is 13.2 Å². The molecule has 0 radical (unpaired) electrons. The Hall–Kier alpha value is -2.30. The zero-order chi connectivity index (χ0) is 14.7. The molecule has 3 rings (SSSR count). The van der Waals surface area contributed by atoms with Crippen molar-refractivity contribution in [3.8, 4) is 5.75 Å². The third-order valence-electron chi connectivity index (χ3n) is 3.69. The summed E-state index contributed by atoms with van der Waals surface area (Å²) in [6.07, 6.45) is 4.11. The molecule has 0 fully saturated rings. The van der Waals surface area contributed by atoms with Crippen LogP contribution in [0.3, 0.4) is 0 Å². The Morgan fingerprint density at radius 3 is 3.14 bits per heavy atom. The van der Waals surface area contributed by atoms with Gasteiger partial charge in [0, 0.05) is 24.2 Å². The Bertz CT molecular complexity index is 636. The van der Waals surface area contributed by atoms with Crippen LogP contribution in [0.4, 0.5) is 0 Å². The fourth-order valence-electron chi connectivity index (χ4n) is 2.49. The molecule has 0 saturated heterocycles. The fraction of sp³-hybridized carbons (Fsp3) is 0.375. The molecule has 1 aliphatic rings. The van der Waals surface area contributed by atoms with Gasteiger partial charge in [0.25, 0.3) is 0 Å². The molecule has 21 heavy (non-hydrogen) atoms. The number of fused-ring (bicyclic) bond motifs is 1. The van der Waals surface area contributed by atoms with Crippen molar-refractivity contribution < 1.29 is 14.3 Å². The smallest absolute Gasteiger partial charge is 0.341 e. The molecule has 0 saturated carbocycles. The Balaban J connectivity index is 1.64. The maximum absolute atomic E-state index is 12.0. The molecule has 110 valence electrons. The lowest BCUT2D eigenvalue weighted by Crippen LogP contribution is -2.20. The number of hydrogen-bond acceptors (Lipinski definition) is 4. The van der Waals surface area contributed by atoms with Gasteiger partial charge in [0.15, 0.2) is 0 Å². The molecule has 0 aliphatic carbocycles. The van der Waals surface area contributed by atoms with E-state index in [4.69, 9.17) is 9.47 Å². The minimum absolute atomic E-state index is 0.195. The van der Waals surface area contributed by atoms with Crippen LogP contribution >= 0.6 is 0 Å². The van der Waals surface area contributed by atoms with Gasteiger partial charge in [-0.25, -0.2) is 4.79 Å². The Kier molecular flexibility index (Phi) is 3.90. The van der Waals surface area contributed by atoms with Crippen LogP contribution in [0.25, 0.3) is 0 Å². The zero-order valence-corrected chi connectivity index (χ0v) is 12.0. The van der Waals surface area contributed by atoms with E-state index in [1.165, 1.54) is 0 Å². The van der Waals surface area contributed by atoms with Gasteiger partial charge in [-0.3, -0.25) is 4.68 Å². The van der Waals surface area contributed by atoms with E-state index in [0.29, 0.717) is 18.8 Å². The third kappa shape index (κ3) is 2.91. The van der Waals surface area contributed by atoms with Crippen molar-refractivity contribution >= 4 is 5.97 Å². The number of hydrogen-bond donors (Lipinski definition) is 0. The SMILES string of the molecule is CCn1cc(C(=O)OCC2CCOc3ccccc32)cn1. The zero-order valence-electron chi connectivity index (χ0n) is 12.0. The molecular weight excluding hydrogens is 268 g/mol. The summed E-state index contributed by atoms with van der Waals surface area (Å²) in [6, 6.07) is 7.91. The summed E-state index contributed by atoms with van der Waals surface area (Å²) < 4.78 is 12.8. The van der Waals surface area contributed by atoms with Gasteiger partial charge in [0.05, 0.1) is 25.0 Å². The third-order valence-corrected chi connectivity index (χ3v) is 3.69. The van der Waals surface area contributed by atoms with Crippen molar-refractivity contribution in [3.63, 3.8) is 0 Å². The molecule has 1 aliphatic heterocycles. The number of carbonyl (C=O) groups excluding carboxylic acids is 1. The van der Waals surface area contributed by atoms with E-state index < -0.39 is 0 Å². The molecule has 5 heteroatoms. The van der Waals surface area contributed by atoms with E-state index in [1.54, 1.807) is 17.1 Å². The summed E-state index contributed by atoms with van der Waals surface area (Å²) in [5, 5.41) is 4.08. The number of benzene rings is 1. The minimum Gasteiger partial charge on any atom is -0.493 e. The summed E-state index contributed by atoms with van der Waals surface area (Å²) in [5.41, 5.74) is 1.61. The van der Waals surface area contributed by atoms with Crippen molar-refractivity contribution in [2.24, 2.45) is 0 Å². The van der Waals surface area contributed by atoms with E-state index in [9.17, 15) is 4.79 Å². The second kappa shape index (κ2) is 5.99. The van der Waals surface area contributed by atoms with E-state index in [2.05, 4.69) is 5.10 Å². The first kappa shape index (κ1) is 13.7. The lowest BCUT2D eigenvalue weighted by atomic mass is 9.94. The number of carbonyl (C=O) groups is 1. The summed E-state index contributed by atoms with van der Waals surface area (Å²) in [5.74, 6) is 0.766. The van der Waals surface area contributed by atoms with Gasteiger partial charge in [-0.2, -0.15) is 5.10 Å². The lowest BCUT2D eigenvalue weighted by Gasteiger charge is -2.25. The van der Waals surface area contributed by atoms with Crippen LogP contribution in [0.2, 0.25) is 0 Å². The largest absolute Gasteiger partial charge is 0.493 e. The van der Waals surface area contributed by atoms with Gasteiger partial charge in [-0.1, -0.05) is 18.2 Å². The van der Waals surface area contributed by atoms with Gasteiger partial charge in [-0.05, 0) is 19.4 Å². The first-order valence-corrected chi connectivity index (χ1v) is 7.19. The monoisotopic (exact) mass is 286 g/mol. The van der Waals surface area contributed by atoms with E-state index in [1.807, 2.05) is 31.2 Å².